The first kappa shape index (κ1) is 22.0. The van der Waals surface area contributed by atoms with Gasteiger partial charge in [0.15, 0.2) is 15.8 Å². The van der Waals surface area contributed by atoms with Crippen LogP contribution in [0.5, 0.6) is 0 Å². The molecule has 2 rings (SSSR count). The van der Waals surface area contributed by atoms with Crippen LogP contribution in [-0.2, 0) is 21.8 Å². The Hall–Kier alpha value is -2.34. The van der Waals surface area contributed by atoms with E-state index in [4.69, 9.17) is 0 Å². The quantitative estimate of drug-likeness (QED) is 0.525. The summed E-state index contributed by atoms with van der Waals surface area (Å²) in [6.07, 6.45) is 3.28. The molecule has 0 atom stereocenters. The minimum Gasteiger partial charge on any atom is -0.356 e. The first-order chi connectivity index (χ1) is 13.3. The van der Waals surface area contributed by atoms with Crippen LogP contribution in [-0.4, -0.2) is 34.2 Å². The molecule has 0 aliphatic heterocycles. The molecule has 0 heterocycles. The molecule has 0 bridgehead atoms. The van der Waals surface area contributed by atoms with Gasteiger partial charge >= 0.3 is 0 Å². The van der Waals surface area contributed by atoms with E-state index in [1.165, 1.54) is 11.8 Å². The van der Waals surface area contributed by atoms with Crippen molar-refractivity contribution < 1.29 is 8.42 Å². The Labute approximate surface area is 169 Å². The van der Waals surface area contributed by atoms with E-state index in [1.54, 1.807) is 19.2 Å². The zero-order chi connectivity index (χ0) is 20.6. The fourth-order valence-corrected chi connectivity index (χ4v) is 3.95. The molecule has 6 heteroatoms. The van der Waals surface area contributed by atoms with Gasteiger partial charge in [0.25, 0.3) is 0 Å². The normalized spacial score (nSPS) is 12.6. The third-order valence-corrected chi connectivity index (χ3v) is 6.50. The summed E-state index contributed by atoms with van der Waals surface area (Å²) in [6.45, 7) is 5.80. The average molecular weight is 402 g/mol. The summed E-state index contributed by atoms with van der Waals surface area (Å²) in [6, 6.07) is 17.5. The Bertz CT molecular complexity index is 872. The molecule has 0 unspecified atom stereocenters. The minimum atomic E-state index is -3.17. The van der Waals surface area contributed by atoms with Crippen LogP contribution < -0.4 is 10.6 Å². The first-order valence-corrected chi connectivity index (χ1v) is 11.5. The summed E-state index contributed by atoms with van der Waals surface area (Å²) >= 11 is 0. The molecule has 0 radical (unpaired) electrons. The molecule has 0 aromatic heterocycles. The molecule has 2 aromatic rings. The van der Waals surface area contributed by atoms with Crippen molar-refractivity contribution in [1.82, 2.24) is 10.6 Å². The van der Waals surface area contributed by atoms with Gasteiger partial charge in [0, 0.05) is 31.8 Å². The topological polar surface area (TPSA) is 70.6 Å². The number of sulfone groups is 1. The molecule has 2 aromatic carbocycles. The van der Waals surface area contributed by atoms with Crippen molar-refractivity contribution >= 4 is 15.8 Å². The molecular formula is C22H31N3O2S. The Kier molecular flexibility index (Phi) is 7.63. The predicted octanol–water partition coefficient (Wildman–Crippen LogP) is 3.51. The number of rotatable bonds is 8. The zero-order valence-corrected chi connectivity index (χ0v) is 18.0. The summed E-state index contributed by atoms with van der Waals surface area (Å²) in [5.74, 6) is 0.731. The van der Waals surface area contributed by atoms with E-state index in [0.717, 1.165) is 30.9 Å². The number of guanidine groups is 1. The van der Waals surface area contributed by atoms with E-state index in [2.05, 4.69) is 53.7 Å². The van der Waals surface area contributed by atoms with E-state index < -0.39 is 9.84 Å². The number of hydrogen-bond acceptors (Lipinski definition) is 3. The summed E-state index contributed by atoms with van der Waals surface area (Å²) in [5.41, 5.74) is 2.38. The monoisotopic (exact) mass is 401 g/mol. The first-order valence-electron chi connectivity index (χ1n) is 9.63. The Balaban J connectivity index is 2.00. The van der Waals surface area contributed by atoms with Gasteiger partial charge in [-0.3, -0.25) is 4.99 Å². The molecule has 0 aliphatic rings. The fourth-order valence-electron chi connectivity index (χ4n) is 3.32. The Morgan fingerprint density at radius 2 is 1.57 bits per heavy atom. The van der Waals surface area contributed by atoms with E-state index in [-0.39, 0.29) is 5.41 Å². The molecule has 5 nitrogen and oxygen atoms in total. The second kappa shape index (κ2) is 9.73. The lowest BCUT2D eigenvalue weighted by molar-refractivity contribution is 0.389. The molecule has 0 amide bonds. The van der Waals surface area contributed by atoms with Gasteiger partial charge in [-0.2, -0.15) is 0 Å². The van der Waals surface area contributed by atoms with Gasteiger partial charge in [0.2, 0.25) is 0 Å². The highest BCUT2D eigenvalue weighted by Crippen LogP contribution is 2.30. The van der Waals surface area contributed by atoms with Crippen LogP contribution in [0.4, 0.5) is 0 Å². The lowest BCUT2D eigenvalue weighted by atomic mass is 9.76. The van der Waals surface area contributed by atoms with Gasteiger partial charge in [-0.05, 0) is 36.1 Å². The van der Waals surface area contributed by atoms with Crippen molar-refractivity contribution in [3.8, 4) is 0 Å². The van der Waals surface area contributed by atoms with Gasteiger partial charge in [-0.1, -0.05) is 56.3 Å². The smallest absolute Gasteiger partial charge is 0.191 e. The predicted molar refractivity (Wildman–Crippen MR) is 116 cm³/mol. The summed E-state index contributed by atoms with van der Waals surface area (Å²) in [7, 11) is -1.42. The molecule has 0 saturated carbocycles. The van der Waals surface area contributed by atoms with Crippen molar-refractivity contribution in [2.24, 2.45) is 4.99 Å². The van der Waals surface area contributed by atoms with Crippen molar-refractivity contribution in [3.05, 3.63) is 65.7 Å². The highest BCUT2D eigenvalue weighted by atomic mass is 32.2. The van der Waals surface area contributed by atoms with Crippen LogP contribution in [0.3, 0.4) is 0 Å². The maximum Gasteiger partial charge on any atom is 0.191 e. The van der Waals surface area contributed by atoms with Crippen molar-refractivity contribution in [2.75, 3.05) is 19.8 Å². The Morgan fingerprint density at radius 1 is 0.964 bits per heavy atom. The summed E-state index contributed by atoms with van der Waals surface area (Å²) in [4.78, 5) is 4.65. The van der Waals surface area contributed by atoms with E-state index >= 15 is 0 Å². The third kappa shape index (κ3) is 5.58. The average Bonchev–Trinajstić information content (AvgIpc) is 2.71. The van der Waals surface area contributed by atoms with Crippen molar-refractivity contribution in [3.63, 3.8) is 0 Å². The largest absolute Gasteiger partial charge is 0.356 e. The number of nitrogens with zero attached hydrogens (tertiary/aromatic N) is 1. The van der Waals surface area contributed by atoms with Gasteiger partial charge in [0.05, 0.1) is 4.90 Å². The molecule has 0 aliphatic carbocycles. The number of aliphatic imine (C=N–C) groups is 1. The molecule has 0 saturated heterocycles. The lowest BCUT2D eigenvalue weighted by Crippen LogP contribution is -2.45. The van der Waals surface area contributed by atoms with Crippen molar-refractivity contribution in [2.45, 2.75) is 43.5 Å². The maximum absolute atomic E-state index is 11.6. The zero-order valence-electron chi connectivity index (χ0n) is 17.2. The van der Waals surface area contributed by atoms with Crippen LogP contribution in [0.2, 0.25) is 0 Å². The molecule has 0 spiro atoms. The van der Waals surface area contributed by atoms with E-state index in [1.807, 2.05) is 18.2 Å². The lowest BCUT2D eigenvalue weighted by Gasteiger charge is -2.33. The molecule has 152 valence electrons. The van der Waals surface area contributed by atoms with Crippen LogP contribution in [0.1, 0.15) is 37.8 Å². The summed E-state index contributed by atoms with van der Waals surface area (Å²) in [5, 5.41) is 6.77. The SMILES string of the molecule is CCC(CC)(CNC(=NC)NCc1ccc(S(C)(=O)=O)cc1)c1ccccc1. The highest BCUT2D eigenvalue weighted by Gasteiger charge is 2.28. The second-order valence-electron chi connectivity index (χ2n) is 7.05. The van der Waals surface area contributed by atoms with E-state index in [0.29, 0.717) is 11.4 Å². The molecule has 28 heavy (non-hydrogen) atoms. The van der Waals surface area contributed by atoms with Crippen LogP contribution in [0.25, 0.3) is 0 Å². The van der Waals surface area contributed by atoms with Crippen LogP contribution in [0.15, 0.2) is 64.5 Å². The molecule has 0 fully saturated rings. The van der Waals surface area contributed by atoms with Gasteiger partial charge < -0.3 is 10.6 Å². The maximum atomic E-state index is 11.6. The van der Waals surface area contributed by atoms with Gasteiger partial charge in [-0.25, -0.2) is 8.42 Å². The number of benzene rings is 2. The van der Waals surface area contributed by atoms with Crippen LogP contribution >= 0.6 is 0 Å². The molecule has 2 N–H and O–H groups in total. The molecular weight excluding hydrogens is 370 g/mol. The Morgan fingerprint density at radius 3 is 2.07 bits per heavy atom. The van der Waals surface area contributed by atoms with Gasteiger partial charge in [-0.15, -0.1) is 0 Å². The standard InChI is InChI=1S/C22H31N3O2S/c1-5-22(6-2,19-10-8-7-9-11-19)17-25-21(23-3)24-16-18-12-14-20(15-13-18)28(4,26)27/h7-15H,5-6,16-17H2,1-4H3,(H2,23,24,25). The third-order valence-electron chi connectivity index (χ3n) is 5.37. The second-order valence-corrected chi connectivity index (χ2v) is 9.06. The fraction of sp³-hybridized carbons (Fsp3) is 0.409. The van der Waals surface area contributed by atoms with E-state index in [9.17, 15) is 8.42 Å². The van der Waals surface area contributed by atoms with Crippen LogP contribution in [0, 0.1) is 0 Å². The minimum absolute atomic E-state index is 0.0516. The number of hydrogen-bond donors (Lipinski definition) is 2. The highest BCUT2D eigenvalue weighted by molar-refractivity contribution is 7.90. The van der Waals surface area contributed by atoms with Crippen molar-refractivity contribution in [1.29, 1.82) is 0 Å². The number of nitrogens with one attached hydrogen (secondary N) is 2. The van der Waals surface area contributed by atoms with Gasteiger partial charge in [0.1, 0.15) is 0 Å². The summed E-state index contributed by atoms with van der Waals surface area (Å²) < 4.78 is 23.1.